The minimum atomic E-state index is -4.53. The molecule has 0 bridgehead atoms. The molecule has 7 heteroatoms. The van der Waals surface area contributed by atoms with Crippen LogP contribution in [-0.4, -0.2) is 13.1 Å². The molecular weight excluding hydrogens is 377 g/mol. The van der Waals surface area contributed by atoms with Crippen molar-refractivity contribution < 1.29 is 27.4 Å². The first kappa shape index (κ1) is 17.3. The summed E-state index contributed by atoms with van der Waals surface area (Å²) in [6.07, 6.45) is -4.53. The Morgan fingerprint density at radius 1 is 1.09 bits per heavy atom. The highest BCUT2D eigenvalue weighted by atomic mass is 79.9. The molecule has 0 amide bonds. The van der Waals surface area contributed by atoms with Crippen molar-refractivity contribution in [3.05, 3.63) is 57.6 Å². The van der Waals surface area contributed by atoms with Crippen molar-refractivity contribution in [1.29, 1.82) is 0 Å². The largest absolute Gasteiger partial charge is 0.465 e. The lowest BCUT2D eigenvalue weighted by Crippen LogP contribution is -2.08. The molecule has 0 fully saturated rings. The van der Waals surface area contributed by atoms with Gasteiger partial charge < -0.3 is 9.47 Å². The Morgan fingerprint density at radius 3 is 2.22 bits per heavy atom. The monoisotopic (exact) mass is 388 g/mol. The van der Waals surface area contributed by atoms with Crippen LogP contribution in [0.3, 0.4) is 0 Å². The number of carbonyl (C=O) groups excluding carboxylic acids is 1. The van der Waals surface area contributed by atoms with Crippen LogP contribution in [-0.2, 0) is 10.9 Å². The van der Waals surface area contributed by atoms with Gasteiger partial charge in [0.15, 0.2) is 0 Å². The number of esters is 1. The molecule has 23 heavy (non-hydrogen) atoms. The lowest BCUT2D eigenvalue weighted by molar-refractivity contribution is -0.138. The van der Waals surface area contributed by atoms with Crippen molar-refractivity contribution in [2.75, 3.05) is 7.11 Å². The molecule has 0 N–H and O–H groups in total. The van der Waals surface area contributed by atoms with E-state index >= 15 is 0 Å². The maximum atomic E-state index is 13.1. The Kier molecular flexibility index (Phi) is 4.99. The van der Waals surface area contributed by atoms with Gasteiger partial charge in [-0.3, -0.25) is 0 Å². The van der Waals surface area contributed by atoms with E-state index < -0.39 is 17.7 Å². The van der Waals surface area contributed by atoms with Crippen LogP contribution in [0.5, 0.6) is 11.5 Å². The van der Waals surface area contributed by atoms with Crippen molar-refractivity contribution in [3.8, 4) is 11.5 Å². The molecule has 0 saturated heterocycles. The fraction of sp³-hybridized carbons (Fsp3) is 0.188. The maximum Gasteiger partial charge on any atom is 0.419 e. The molecule has 0 atom stereocenters. The number of ether oxygens (including phenoxy) is 2. The van der Waals surface area contributed by atoms with E-state index in [0.717, 1.165) is 6.07 Å². The zero-order valence-corrected chi connectivity index (χ0v) is 13.8. The number of carbonyl (C=O) groups is 1. The first-order chi connectivity index (χ1) is 10.7. The number of rotatable bonds is 3. The molecule has 0 unspecified atom stereocenters. The quantitative estimate of drug-likeness (QED) is 0.664. The molecule has 2 rings (SSSR count). The average Bonchev–Trinajstić information content (AvgIpc) is 2.50. The number of halogens is 4. The van der Waals surface area contributed by atoms with E-state index in [2.05, 4.69) is 20.7 Å². The Hall–Kier alpha value is -2.02. The summed E-state index contributed by atoms with van der Waals surface area (Å²) in [5, 5.41) is 0. The van der Waals surface area contributed by atoms with Crippen molar-refractivity contribution in [1.82, 2.24) is 0 Å². The Balaban J connectivity index is 2.40. The molecule has 0 aliphatic carbocycles. The van der Waals surface area contributed by atoms with Crippen LogP contribution in [0, 0.1) is 6.92 Å². The highest BCUT2D eigenvalue weighted by molar-refractivity contribution is 9.10. The number of alkyl halides is 3. The predicted molar refractivity (Wildman–Crippen MR) is 81.7 cm³/mol. The molecule has 3 nitrogen and oxygen atoms in total. The molecule has 2 aromatic carbocycles. The third-order valence-electron chi connectivity index (χ3n) is 3.14. The van der Waals surface area contributed by atoms with E-state index in [-0.39, 0.29) is 17.1 Å². The summed E-state index contributed by atoms with van der Waals surface area (Å²) in [4.78, 5) is 11.3. The standard InChI is InChI=1S/C16H12BrF3O3/c1-9-13(17)8-7-12(16(18,19)20)14(9)23-11-5-3-10(4-6-11)15(21)22-2/h3-8H,1-2H3. The van der Waals surface area contributed by atoms with Gasteiger partial charge in [-0.2, -0.15) is 13.2 Å². The summed E-state index contributed by atoms with van der Waals surface area (Å²) in [6, 6.07) is 7.93. The van der Waals surface area contributed by atoms with Crippen LogP contribution in [0.15, 0.2) is 40.9 Å². The van der Waals surface area contributed by atoms with Crippen molar-refractivity contribution in [2.45, 2.75) is 13.1 Å². The summed E-state index contributed by atoms with van der Waals surface area (Å²) in [5.74, 6) is -0.631. The lowest BCUT2D eigenvalue weighted by atomic mass is 10.1. The molecular formula is C16H12BrF3O3. The zero-order chi connectivity index (χ0) is 17.2. The molecule has 0 radical (unpaired) electrons. The second kappa shape index (κ2) is 6.62. The average molecular weight is 389 g/mol. The van der Waals surface area contributed by atoms with E-state index in [1.807, 2.05) is 0 Å². The van der Waals surface area contributed by atoms with Crippen LogP contribution in [0.25, 0.3) is 0 Å². The fourth-order valence-corrected chi connectivity index (χ4v) is 2.23. The molecule has 0 saturated carbocycles. The van der Waals surface area contributed by atoms with Gasteiger partial charge in [-0.05, 0) is 43.3 Å². The van der Waals surface area contributed by atoms with E-state index in [4.69, 9.17) is 4.74 Å². The Labute approximate surface area is 139 Å². The molecule has 2 aromatic rings. The summed E-state index contributed by atoms with van der Waals surface area (Å²) >= 11 is 3.19. The van der Waals surface area contributed by atoms with E-state index in [1.165, 1.54) is 44.4 Å². The number of hydrogen-bond donors (Lipinski definition) is 0. The maximum absolute atomic E-state index is 13.1. The number of hydrogen-bond acceptors (Lipinski definition) is 3. The molecule has 0 aliphatic rings. The molecule has 0 heterocycles. The second-order valence-corrected chi connectivity index (χ2v) is 5.52. The van der Waals surface area contributed by atoms with Crippen LogP contribution in [0.4, 0.5) is 13.2 Å². The van der Waals surface area contributed by atoms with Crippen molar-refractivity contribution >= 4 is 21.9 Å². The molecule has 122 valence electrons. The van der Waals surface area contributed by atoms with Crippen LogP contribution >= 0.6 is 15.9 Å². The third-order valence-corrected chi connectivity index (χ3v) is 4.00. The third kappa shape index (κ3) is 3.85. The summed E-state index contributed by atoms with van der Waals surface area (Å²) in [5.41, 5.74) is -0.256. The normalized spacial score (nSPS) is 11.2. The van der Waals surface area contributed by atoms with Crippen molar-refractivity contribution in [2.24, 2.45) is 0 Å². The second-order valence-electron chi connectivity index (χ2n) is 4.66. The SMILES string of the molecule is COC(=O)c1ccc(Oc2c(C(F)(F)F)ccc(Br)c2C)cc1. The summed E-state index contributed by atoms with van der Waals surface area (Å²) in [7, 11) is 1.24. The predicted octanol–water partition coefficient (Wildman–Crippen LogP) is 5.36. The lowest BCUT2D eigenvalue weighted by Gasteiger charge is -2.17. The van der Waals surface area contributed by atoms with E-state index in [1.54, 1.807) is 0 Å². The zero-order valence-electron chi connectivity index (χ0n) is 12.2. The molecule has 0 aromatic heterocycles. The first-order valence-electron chi connectivity index (χ1n) is 6.46. The Morgan fingerprint density at radius 2 is 1.70 bits per heavy atom. The number of benzene rings is 2. The van der Waals surface area contributed by atoms with Crippen LogP contribution in [0.2, 0.25) is 0 Å². The fourth-order valence-electron chi connectivity index (χ4n) is 1.92. The summed E-state index contributed by atoms with van der Waals surface area (Å²) in [6.45, 7) is 1.53. The van der Waals surface area contributed by atoms with Gasteiger partial charge in [-0.1, -0.05) is 15.9 Å². The van der Waals surface area contributed by atoms with Gasteiger partial charge in [-0.15, -0.1) is 0 Å². The van der Waals surface area contributed by atoms with Crippen LogP contribution in [0.1, 0.15) is 21.5 Å². The van der Waals surface area contributed by atoms with Gasteiger partial charge >= 0.3 is 12.1 Å². The van der Waals surface area contributed by atoms with Gasteiger partial charge in [0, 0.05) is 10.0 Å². The topological polar surface area (TPSA) is 35.5 Å². The molecule has 0 spiro atoms. The smallest absolute Gasteiger partial charge is 0.419 e. The minimum absolute atomic E-state index is 0.185. The summed E-state index contributed by atoms with van der Waals surface area (Å²) < 4.78 is 49.8. The number of methoxy groups -OCH3 is 1. The van der Waals surface area contributed by atoms with Gasteiger partial charge in [0.05, 0.1) is 18.2 Å². The van der Waals surface area contributed by atoms with Gasteiger partial charge in [0.25, 0.3) is 0 Å². The first-order valence-corrected chi connectivity index (χ1v) is 7.26. The minimum Gasteiger partial charge on any atom is -0.465 e. The van der Waals surface area contributed by atoms with Crippen molar-refractivity contribution in [3.63, 3.8) is 0 Å². The highest BCUT2D eigenvalue weighted by Crippen LogP contribution is 2.42. The van der Waals surface area contributed by atoms with Crippen LogP contribution < -0.4 is 4.74 Å². The van der Waals surface area contributed by atoms with E-state index in [0.29, 0.717) is 10.0 Å². The van der Waals surface area contributed by atoms with Gasteiger partial charge in [0.1, 0.15) is 11.5 Å². The Bertz CT molecular complexity index is 725. The highest BCUT2D eigenvalue weighted by Gasteiger charge is 2.35. The van der Waals surface area contributed by atoms with E-state index in [9.17, 15) is 18.0 Å². The van der Waals surface area contributed by atoms with Gasteiger partial charge in [0.2, 0.25) is 0 Å². The van der Waals surface area contributed by atoms with Gasteiger partial charge in [-0.25, -0.2) is 4.79 Å². The molecule has 0 aliphatic heterocycles.